The lowest BCUT2D eigenvalue weighted by Gasteiger charge is -2.44. The molecule has 0 aliphatic rings. The van der Waals surface area contributed by atoms with Crippen LogP contribution in [-0.4, -0.2) is 34.7 Å². The van der Waals surface area contributed by atoms with Crippen LogP contribution in [0.4, 0.5) is 0 Å². The molecule has 0 fully saturated rings. The van der Waals surface area contributed by atoms with Crippen LogP contribution in [0.2, 0.25) is 0 Å². The highest BCUT2D eigenvalue weighted by Gasteiger charge is 2.34. The minimum Gasteiger partial charge on any atom is -0.508 e. The van der Waals surface area contributed by atoms with Crippen molar-refractivity contribution in [3.8, 4) is 5.75 Å². The van der Waals surface area contributed by atoms with Crippen molar-refractivity contribution in [3.63, 3.8) is 0 Å². The van der Waals surface area contributed by atoms with Crippen molar-refractivity contribution in [1.29, 1.82) is 0 Å². The van der Waals surface area contributed by atoms with Crippen LogP contribution in [-0.2, 0) is 6.42 Å². The van der Waals surface area contributed by atoms with Crippen molar-refractivity contribution >= 4 is 0 Å². The number of benzene rings is 1. The normalized spacial score (nSPS) is 16.3. The molecule has 19 heavy (non-hydrogen) atoms. The maximum absolute atomic E-state index is 9.32. The summed E-state index contributed by atoms with van der Waals surface area (Å²) in [5.41, 5.74) is 7.67. The maximum atomic E-state index is 9.32. The zero-order chi connectivity index (χ0) is 14.5. The third-order valence-electron chi connectivity index (χ3n) is 4.39. The first-order chi connectivity index (χ1) is 8.97. The van der Waals surface area contributed by atoms with Gasteiger partial charge in [-0.05, 0) is 50.6 Å². The molecule has 0 saturated carbocycles. The average molecular weight is 264 g/mol. The molecule has 1 aromatic carbocycles. The Morgan fingerprint density at radius 1 is 1.16 bits per heavy atom. The van der Waals surface area contributed by atoms with Crippen LogP contribution in [0.3, 0.4) is 0 Å². The van der Waals surface area contributed by atoms with E-state index < -0.39 is 0 Å². The van der Waals surface area contributed by atoms with E-state index in [1.165, 1.54) is 5.56 Å². The smallest absolute Gasteiger partial charge is 0.115 e. The van der Waals surface area contributed by atoms with Gasteiger partial charge in [0.15, 0.2) is 0 Å². The molecule has 0 aliphatic carbocycles. The molecule has 3 N–H and O–H groups in total. The molecule has 3 heteroatoms. The molecule has 2 unspecified atom stereocenters. The van der Waals surface area contributed by atoms with Crippen molar-refractivity contribution in [2.24, 2.45) is 5.73 Å². The van der Waals surface area contributed by atoms with Gasteiger partial charge >= 0.3 is 0 Å². The predicted octanol–water partition coefficient (Wildman–Crippen LogP) is 2.77. The molecule has 0 aliphatic heterocycles. The van der Waals surface area contributed by atoms with E-state index in [4.69, 9.17) is 5.73 Å². The van der Waals surface area contributed by atoms with E-state index >= 15 is 0 Å². The van der Waals surface area contributed by atoms with Gasteiger partial charge in [-0.25, -0.2) is 0 Å². The third-order valence-corrected chi connectivity index (χ3v) is 4.39. The summed E-state index contributed by atoms with van der Waals surface area (Å²) in [6.07, 6.45) is 1.87. The van der Waals surface area contributed by atoms with Gasteiger partial charge in [0, 0.05) is 11.6 Å². The quantitative estimate of drug-likeness (QED) is 0.796. The third kappa shape index (κ3) is 3.71. The summed E-state index contributed by atoms with van der Waals surface area (Å²) in [6, 6.07) is 7.44. The SMILES string of the molecule is CCN(CC)C(C)(CC)C(N)Cc1ccc(O)cc1. The highest BCUT2D eigenvalue weighted by molar-refractivity contribution is 5.26. The molecule has 0 saturated heterocycles. The zero-order valence-corrected chi connectivity index (χ0v) is 12.7. The summed E-state index contributed by atoms with van der Waals surface area (Å²) >= 11 is 0. The number of nitrogens with zero attached hydrogens (tertiary/aromatic N) is 1. The molecule has 0 heterocycles. The van der Waals surface area contributed by atoms with Gasteiger partial charge in [0.05, 0.1) is 0 Å². The Morgan fingerprint density at radius 3 is 2.11 bits per heavy atom. The Kier molecular flexibility index (Phi) is 5.83. The molecule has 0 aromatic heterocycles. The number of nitrogens with two attached hydrogens (primary N) is 1. The van der Waals surface area contributed by atoms with E-state index in [0.717, 1.165) is 25.9 Å². The standard InChI is InChI=1S/C16H28N2O/c1-5-16(4,18(6-2)7-3)15(17)12-13-8-10-14(19)11-9-13/h8-11,15,19H,5-7,12,17H2,1-4H3. The lowest BCUT2D eigenvalue weighted by molar-refractivity contribution is 0.0845. The second-order valence-corrected chi connectivity index (χ2v) is 5.36. The molecule has 2 atom stereocenters. The van der Waals surface area contributed by atoms with Crippen molar-refractivity contribution in [1.82, 2.24) is 4.90 Å². The Labute approximate surface area is 117 Å². The molecule has 0 spiro atoms. The van der Waals surface area contributed by atoms with Gasteiger partial charge in [-0.1, -0.05) is 32.9 Å². The number of likely N-dealkylation sites (N-methyl/N-ethyl adjacent to an activating group) is 1. The summed E-state index contributed by atoms with van der Waals surface area (Å²) in [5.74, 6) is 0.305. The van der Waals surface area contributed by atoms with Crippen molar-refractivity contribution in [2.45, 2.75) is 52.1 Å². The van der Waals surface area contributed by atoms with Crippen molar-refractivity contribution < 1.29 is 5.11 Å². The average Bonchev–Trinajstić information content (AvgIpc) is 2.42. The maximum Gasteiger partial charge on any atom is 0.115 e. The fourth-order valence-corrected chi connectivity index (χ4v) is 2.77. The van der Waals surface area contributed by atoms with Crippen LogP contribution in [0.1, 0.15) is 39.7 Å². The van der Waals surface area contributed by atoms with Gasteiger partial charge in [0.2, 0.25) is 0 Å². The van der Waals surface area contributed by atoms with E-state index in [1.54, 1.807) is 12.1 Å². The molecular formula is C16H28N2O. The first-order valence-corrected chi connectivity index (χ1v) is 7.26. The molecule has 0 bridgehead atoms. The second kappa shape index (κ2) is 6.92. The van der Waals surface area contributed by atoms with E-state index in [9.17, 15) is 5.11 Å². The fraction of sp³-hybridized carbons (Fsp3) is 0.625. The highest BCUT2D eigenvalue weighted by atomic mass is 16.3. The summed E-state index contributed by atoms with van der Waals surface area (Å²) in [6.45, 7) is 10.9. The second-order valence-electron chi connectivity index (χ2n) is 5.36. The Balaban J connectivity index is 2.83. The van der Waals surface area contributed by atoms with Gasteiger partial charge in [0.25, 0.3) is 0 Å². The summed E-state index contributed by atoms with van der Waals surface area (Å²) in [5, 5.41) is 9.32. The predicted molar refractivity (Wildman–Crippen MR) is 81.4 cm³/mol. The van der Waals surface area contributed by atoms with Crippen molar-refractivity contribution in [3.05, 3.63) is 29.8 Å². The van der Waals surface area contributed by atoms with Crippen molar-refractivity contribution in [2.75, 3.05) is 13.1 Å². The minimum absolute atomic E-state index is 0.0153. The van der Waals surface area contributed by atoms with E-state index in [1.807, 2.05) is 12.1 Å². The Bertz CT molecular complexity index is 373. The lowest BCUT2D eigenvalue weighted by Crippen LogP contribution is -2.58. The van der Waals surface area contributed by atoms with Crippen LogP contribution in [0.25, 0.3) is 0 Å². The van der Waals surface area contributed by atoms with Crippen LogP contribution in [0.5, 0.6) is 5.75 Å². The summed E-state index contributed by atoms with van der Waals surface area (Å²) < 4.78 is 0. The molecule has 0 amide bonds. The van der Waals surface area contributed by atoms with Gasteiger partial charge in [-0.2, -0.15) is 0 Å². The van der Waals surface area contributed by atoms with E-state index in [0.29, 0.717) is 5.75 Å². The number of hydrogen-bond donors (Lipinski definition) is 2. The molecule has 1 rings (SSSR count). The van der Waals surface area contributed by atoms with Gasteiger partial charge in [-0.15, -0.1) is 0 Å². The van der Waals surface area contributed by atoms with E-state index in [-0.39, 0.29) is 11.6 Å². The number of aromatic hydroxyl groups is 1. The van der Waals surface area contributed by atoms with Crippen LogP contribution >= 0.6 is 0 Å². The van der Waals surface area contributed by atoms with Crippen LogP contribution < -0.4 is 5.73 Å². The molecular weight excluding hydrogens is 236 g/mol. The van der Waals surface area contributed by atoms with Gasteiger partial charge in [-0.3, -0.25) is 4.90 Å². The highest BCUT2D eigenvalue weighted by Crippen LogP contribution is 2.25. The minimum atomic E-state index is 0.0153. The Hall–Kier alpha value is -1.06. The number of phenolic OH excluding ortho intramolecular Hbond substituents is 1. The topological polar surface area (TPSA) is 49.5 Å². The molecule has 3 nitrogen and oxygen atoms in total. The van der Waals surface area contributed by atoms with Gasteiger partial charge < -0.3 is 10.8 Å². The summed E-state index contributed by atoms with van der Waals surface area (Å²) in [7, 11) is 0. The van der Waals surface area contributed by atoms with Gasteiger partial charge in [0.1, 0.15) is 5.75 Å². The lowest BCUT2D eigenvalue weighted by atomic mass is 9.84. The number of phenols is 1. The van der Waals surface area contributed by atoms with Crippen LogP contribution in [0.15, 0.2) is 24.3 Å². The Morgan fingerprint density at radius 2 is 1.68 bits per heavy atom. The summed E-state index contributed by atoms with van der Waals surface area (Å²) in [4.78, 5) is 2.44. The first-order valence-electron chi connectivity index (χ1n) is 7.26. The molecule has 0 radical (unpaired) electrons. The number of hydrogen-bond acceptors (Lipinski definition) is 3. The van der Waals surface area contributed by atoms with E-state index in [2.05, 4.69) is 32.6 Å². The first kappa shape index (κ1) is 16.0. The monoisotopic (exact) mass is 264 g/mol. The molecule has 1 aromatic rings. The number of rotatable bonds is 7. The largest absolute Gasteiger partial charge is 0.508 e. The zero-order valence-electron chi connectivity index (χ0n) is 12.7. The fourth-order valence-electron chi connectivity index (χ4n) is 2.77. The molecule has 108 valence electrons. The van der Waals surface area contributed by atoms with Crippen LogP contribution in [0, 0.1) is 0 Å².